The van der Waals surface area contributed by atoms with Crippen LogP contribution in [0.5, 0.6) is 0 Å². The molecule has 1 aliphatic heterocycles. The number of carbonyl (C=O) groups excluding carboxylic acids is 1. The summed E-state index contributed by atoms with van der Waals surface area (Å²) in [5.74, 6) is -0.467. The summed E-state index contributed by atoms with van der Waals surface area (Å²) in [6, 6.07) is 3.38. The van der Waals surface area contributed by atoms with Crippen LogP contribution in [0.25, 0.3) is 6.08 Å². The van der Waals surface area contributed by atoms with Crippen molar-refractivity contribution in [3.8, 4) is 6.07 Å². The summed E-state index contributed by atoms with van der Waals surface area (Å²) in [5, 5.41) is 13.6. The van der Waals surface area contributed by atoms with Crippen LogP contribution < -0.4 is 5.32 Å². The van der Waals surface area contributed by atoms with E-state index in [9.17, 15) is 13.2 Å². The Balaban J connectivity index is 2.10. The van der Waals surface area contributed by atoms with Crippen molar-refractivity contribution < 1.29 is 13.2 Å². The first-order valence-electron chi connectivity index (χ1n) is 6.08. The van der Waals surface area contributed by atoms with Gasteiger partial charge in [-0.2, -0.15) is 5.26 Å². The number of hydrogen-bond donors (Lipinski definition) is 1. The van der Waals surface area contributed by atoms with E-state index in [1.54, 1.807) is 6.08 Å². The van der Waals surface area contributed by atoms with E-state index in [0.717, 1.165) is 10.4 Å². The van der Waals surface area contributed by atoms with Crippen molar-refractivity contribution in [2.75, 3.05) is 11.5 Å². The molecule has 1 aromatic heterocycles. The van der Waals surface area contributed by atoms with Gasteiger partial charge in [0.1, 0.15) is 11.6 Å². The van der Waals surface area contributed by atoms with Gasteiger partial charge in [-0.3, -0.25) is 4.79 Å². The van der Waals surface area contributed by atoms with E-state index in [1.165, 1.54) is 11.3 Å². The van der Waals surface area contributed by atoms with Crippen LogP contribution in [0.1, 0.15) is 16.9 Å². The second-order valence-electron chi connectivity index (χ2n) is 4.71. The molecular formula is C13H14N2O3S2. The maximum atomic E-state index is 12.0. The Bertz CT molecular complexity index is 695. The number of carbonyl (C=O) groups is 1. The number of aryl methyl sites for hydroxylation is 1. The number of nitrogens with zero attached hydrogens (tertiary/aromatic N) is 1. The van der Waals surface area contributed by atoms with Gasteiger partial charge >= 0.3 is 0 Å². The fourth-order valence-corrected chi connectivity index (χ4v) is 4.52. The van der Waals surface area contributed by atoms with E-state index < -0.39 is 21.8 Å². The highest BCUT2D eigenvalue weighted by molar-refractivity contribution is 7.91. The molecule has 1 aromatic rings. The molecule has 20 heavy (non-hydrogen) atoms. The van der Waals surface area contributed by atoms with E-state index in [2.05, 4.69) is 5.32 Å². The fraction of sp³-hybridized carbons (Fsp3) is 0.385. The van der Waals surface area contributed by atoms with Crippen LogP contribution in [-0.2, 0) is 14.6 Å². The Morgan fingerprint density at radius 3 is 2.85 bits per heavy atom. The highest BCUT2D eigenvalue weighted by Gasteiger charge is 2.29. The standard InChI is InChI=1S/C13H14N2O3S2/c1-9-2-4-19-12(9)6-10(7-14)13(16)15-11-3-5-20(17,18)8-11/h2,4,6,11H,3,5,8H2,1H3,(H,15,16)/b10-6-. The van der Waals surface area contributed by atoms with Crippen molar-refractivity contribution >= 4 is 33.2 Å². The first-order valence-corrected chi connectivity index (χ1v) is 8.78. The van der Waals surface area contributed by atoms with Gasteiger partial charge in [-0.25, -0.2) is 8.42 Å². The number of amides is 1. The van der Waals surface area contributed by atoms with E-state index in [4.69, 9.17) is 5.26 Å². The molecule has 1 amide bonds. The van der Waals surface area contributed by atoms with Gasteiger partial charge in [0.05, 0.1) is 11.5 Å². The lowest BCUT2D eigenvalue weighted by molar-refractivity contribution is -0.117. The minimum Gasteiger partial charge on any atom is -0.348 e. The fourth-order valence-electron chi connectivity index (χ4n) is 1.98. The number of nitrogens with one attached hydrogen (secondary N) is 1. The van der Waals surface area contributed by atoms with Gasteiger partial charge in [-0.15, -0.1) is 11.3 Å². The van der Waals surface area contributed by atoms with Crippen molar-refractivity contribution in [2.45, 2.75) is 19.4 Å². The monoisotopic (exact) mass is 310 g/mol. The molecule has 106 valence electrons. The van der Waals surface area contributed by atoms with Crippen LogP contribution in [-0.4, -0.2) is 31.9 Å². The van der Waals surface area contributed by atoms with Gasteiger partial charge in [0, 0.05) is 10.9 Å². The molecule has 0 aliphatic carbocycles. The summed E-state index contributed by atoms with van der Waals surface area (Å²) in [4.78, 5) is 12.8. The molecular weight excluding hydrogens is 296 g/mol. The highest BCUT2D eigenvalue weighted by Crippen LogP contribution is 2.19. The van der Waals surface area contributed by atoms with E-state index in [1.807, 2.05) is 24.4 Å². The molecule has 1 atom stereocenters. The summed E-state index contributed by atoms with van der Waals surface area (Å²) >= 11 is 1.45. The molecule has 0 bridgehead atoms. The van der Waals surface area contributed by atoms with Crippen LogP contribution in [0.15, 0.2) is 17.0 Å². The average molecular weight is 310 g/mol. The predicted molar refractivity (Wildman–Crippen MR) is 77.8 cm³/mol. The Kier molecular flexibility index (Phi) is 4.26. The molecule has 0 radical (unpaired) electrons. The Hall–Kier alpha value is -1.65. The van der Waals surface area contributed by atoms with Gasteiger partial charge in [-0.05, 0) is 36.4 Å². The first kappa shape index (κ1) is 14.8. The average Bonchev–Trinajstić information content (AvgIpc) is 2.92. The van der Waals surface area contributed by atoms with Gasteiger partial charge in [0.2, 0.25) is 0 Å². The number of sulfone groups is 1. The lowest BCUT2D eigenvalue weighted by Gasteiger charge is -2.09. The van der Waals surface area contributed by atoms with Crippen molar-refractivity contribution in [3.05, 3.63) is 27.5 Å². The molecule has 1 N–H and O–H groups in total. The zero-order valence-corrected chi connectivity index (χ0v) is 12.6. The lowest BCUT2D eigenvalue weighted by Crippen LogP contribution is -2.36. The van der Waals surface area contributed by atoms with E-state index in [0.29, 0.717) is 6.42 Å². The minimum absolute atomic E-state index is 0.000141. The third-order valence-electron chi connectivity index (χ3n) is 3.11. The van der Waals surface area contributed by atoms with Crippen molar-refractivity contribution in [2.24, 2.45) is 0 Å². The van der Waals surface area contributed by atoms with Gasteiger partial charge in [0.15, 0.2) is 9.84 Å². The molecule has 1 saturated heterocycles. The number of nitriles is 1. The summed E-state index contributed by atoms with van der Waals surface area (Å²) in [6.45, 7) is 1.90. The van der Waals surface area contributed by atoms with Crippen LogP contribution >= 0.6 is 11.3 Å². The smallest absolute Gasteiger partial charge is 0.262 e. The maximum Gasteiger partial charge on any atom is 0.262 e. The Morgan fingerprint density at radius 1 is 1.60 bits per heavy atom. The van der Waals surface area contributed by atoms with Gasteiger partial charge in [-0.1, -0.05) is 0 Å². The van der Waals surface area contributed by atoms with Crippen molar-refractivity contribution in [1.82, 2.24) is 5.32 Å². The Morgan fingerprint density at radius 2 is 2.35 bits per heavy atom. The summed E-state index contributed by atoms with van der Waals surface area (Å²) < 4.78 is 22.7. The molecule has 1 fully saturated rings. The van der Waals surface area contributed by atoms with Crippen LogP contribution in [0, 0.1) is 18.3 Å². The molecule has 7 heteroatoms. The predicted octanol–water partition coefficient (Wildman–Crippen LogP) is 1.27. The molecule has 2 rings (SSSR count). The SMILES string of the molecule is Cc1ccsc1/C=C(/C#N)C(=O)NC1CCS(=O)(=O)C1. The first-order chi connectivity index (χ1) is 9.41. The number of thiophene rings is 1. The summed E-state index contributed by atoms with van der Waals surface area (Å²) in [6.07, 6.45) is 1.95. The highest BCUT2D eigenvalue weighted by atomic mass is 32.2. The number of rotatable bonds is 3. The second-order valence-corrected chi connectivity index (χ2v) is 7.89. The van der Waals surface area contributed by atoms with Crippen molar-refractivity contribution in [3.63, 3.8) is 0 Å². The summed E-state index contributed by atoms with van der Waals surface area (Å²) in [5.41, 5.74) is 0.999. The van der Waals surface area contributed by atoms with Gasteiger partial charge < -0.3 is 5.32 Å². The van der Waals surface area contributed by atoms with E-state index in [-0.39, 0.29) is 17.1 Å². The van der Waals surface area contributed by atoms with Crippen LogP contribution in [0.4, 0.5) is 0 Å². The third-order valence-corrected chi connectivity index (χ3v) is 5.84. The zero-order valence-electron chi connectivity index (χ0n) is 10.9. The largest absolute Gasteiger partial charge is 0.348 e. The molecule has 0 spiro atoms. The molecule has 5 nitrogen and oxygen atoms in total. The molecule has 1 aliphatic rings. The zero-order chi connectivity index (χ0) is 14.8. The molecule has 0 saturated carbocycles. The van der Waals surface area contributed by atoms with Crippen molar-refractivity contribution in [1.29, 1.82) is 5.26 Å². The quantitative estimate of drug-likeness (QED) is 0.672. The Labute approximate surface area is 121 Å². The molecule has 1 unspecified atom stereocenters. The lowest BCUT2D eigenvalue weighted by atomic mass is 10.1. The molecule has 0 aromatic carbocycles. The minimum atomic E-state index is -3.05. The second kappa shape index (κ2) is 5.77. The van der Waals surface area contributed by atoms with Crippen LogP contribution in [0.2, 0.25) is 0 Å². The number of hydrogen-bond acceptors (Lipinski definition) is 5. The molecule has 2 heterocycles. The van der Waals surface area contributed by atoms with Gasteiger partial charge in [0.25, 0.3) is 5.91 Å². The van der Waals surface area contributed by atoms with E-state index >= 15 is 0 Å². The third kappa shape index (κ3) is 3.46. The normalized spacial score (nSPS) is 21.4. The topological polar surface area (TPSA) is 87.0 Å². The van der Waals surface area contributed by atoms with Crippen LogP contribution in [0.3, 0.4) is 0 Å². The maximum absolute atomic E-state index is 12.0. The summed E-state index contributed by atoms with van der Waals surface area (Å²) in [7, 11) is -3.05.